The number of nitrogens with one attached hydrogen (secondary N) is 2. The number of carbonyl (C=O) groups is 2. The summed E-state index contributed by atoms with van der Waals surface area (Å²) in [4.78, 5) is 26.7. The predicted octanol–water partition coefficient (Wildman–Crippen LogP) is 3.28. The number of fused-ring (bicyclic) bond motifs is 1. The van der Waals surface area contributed by atoms with Gasteiger partial charge < -0.3 is 20.3 Å². The molecule has 2 aromatic rings. The van der Waals surface area contributed by atoms with Gasteiger partial charge in [-0.3, -0.25) is 9.59 Å². The summed E-state index contributed by atoms with van der Waals surface area (Å²) in [6, 6.07) is 9.77. The van der Waals surface area contributed by atoms with Gasteiger partial charge >= 0.3 is 0 Å². The molecule has 0 radical (unpaired) electrons. The predicted molar refractivity (Wildman–Crippen MR) is 145 cm³/mol. The molecule has 0 atom stereocenters. The van der Waals surface area contributed by atoms with Crippen molar-refractivity contribution in [3.63, 3.8) is 0 Å². The summed E-state index contributed by atoms with van der Waals surface area (Å²) in [6.07, 6.45) is 4.46. The minimum atomic E-state index is -3.67. The smallest absolute Gasteiger partial charge is 0.251 e. The number of sulfonamides is 1. The van der Waals surface area contributed by atoms with Crippen molar-refractivity contribution in [2.45, 2.75) is 49.5 Å². The summed E-state index contributed by atoms with van der Waals surface area (Å²) < 4.78 is 33.9. The highest BCUT2D eigenvalue weighted by Crippen LogP contribution is 2.31. The second-order valence-electron chi connectivity index (χ2n) is 10.1. The molecule has 0 aromatic heterocycles. The average molecular weight is 561 g/mol. The SMILES string of the molecule is O=C1Cc2cc(S(=O)(=O)N3CCC(Oc4ccc(C(=O)NCCCN5CCCC5)cc4Cl)CC3)ccc2N1. The third-order valence-corrected chi connectivity index (χ3v) is 9.55. The van der Waals surface area contributed by atoms with E-state index in [4.69, 9.17) is 16.3 Å². The van der Waals surface area contributed by atoms with Crippen LogP contribution in [0.3, 0.4) is 0 Å². The maximum Gasteiger partial charge on any atom is 0.251 e. The first kappa shape index (κ1) is 26.9. The maximum absolute atomic E-state index is 13.2. The minimum Gasteiger partial charge on any atom is -0.489 e. The van der Waals surface area contributed by atoms with Crippen LogP contribution in [0, 0.1) is 0 Å². The van der Waals surface area contributed by atoms with Gasteiger partial charge in [0.05, 0.1) is 16.3 Å². The molecule has 3 aliphatic rings. The van der Waals surface area contributed by atoms with Gasteiger partial charge in [-0.1, -0.05) is 11.6 Å². The Morgan fingerprint density at radius 3 is 2.58 bits per heavy atom. The van der Waals surface area contributed by atoms with Crippen molar-refractivity contribution in [3.05, 3.63) is 52.5 Å². The van der Waals surface area contributed by atoms with Crippen molar-refractivity contribution in [1.29, 1.82) is 0 Å². The van der Waals surface area contributed by atoms with Gasteiger partial charge in [-0.2, -0.15) is 4.31 Å². The monoisotopic (exact) mass is 560 g/mol. The van der Waals surface area contributed by atoms with E-state index in [0.29, 0.717) is 60.1 Å². The van der Waals surface area contributed by atoms with Gasteiger partial charge in [0.15, 0.2) is 0 Å². The Kier molecular flexibility index (Phi) is 8.23. The number of halogens is 1. The molecule has 2 amide bonds. The molecule has 2 saturated heterocycles. The fourth-order valence-corrected chi connectivity index (χ4v) is 6.98. The molecule has 5 rings (SSSR count). The summed E-state index contributed by atoms with van der Waals surface area (Å²) in [7, 11) is -3.67. The number of nitrogens with zero attached hydrogens (tertiary/aromatic N) is 2. The van der Waals surface area contributed by atoms with Gasteiger partial charge in [-0.25, -0.2) is 8.42 Å². The lowest BCUT2D eigenvalue weighted by molar-refractivity contribution is -0.115. The molecule has 38 heavy (non-hydrogen) atoms. The lowest BCUT2D eigenvalue weighted by atomic mass is 10.1. The maximum atomic E-state index is 13.2. The number of amides is 2. The molecule has 0 spiro atoms. The average Bonchev–Trinajstić information content (AvgIpc) is 3.56. The van der Waals surface area contributed by atoms with Crippen molar-refractivity contribution in [2.24, 2.45) is 0 Å². The number of benzene rings is 2. The number of hydrogen-bond acceptors (Lipinski definition) is 6. The lowest BCUT2D eigenvalue weighted by Gasteiger charge is -2.31. The first-order valence-electron chi connectivity index (χ1n) is 13.2. The standard InChI is InChI=1S/C27H33ClN4O5S/c28-23-17-19(27(34)29-10-3-13-31-11-1-2-12-31)4-7-25(23)37-21-8-14-32(15-9-21)38(35,36)22-5-6-24-20(16-22)18-26(33)30-24/h4-7,16-17,21H,1-3,8-15,18H2,(H,29,34)(H,30,33). The Morgan fingerprint density at radius 2 is 1.84 bits per heavy atom. The highest BCUT2D eigenvalue weighted by atomic mass is 35.5. The van der Waals surface area contributed by atoms with E-state index in [2.05, 4.69) is 15.5 Å². The van der Waals surface area contributed by atoms with E-state index < -0.39 is 10.0 Å². The summed E-state index contributed by atoms with van der Waals surface area (Å²) in [5.41, 5.74) is 1.85. The first-order valence-corrected chi connectivity index (χ1v) is 15.0. The van der Waals surface area contributed by atoms with Gasteiger partial charge in [0.1, 0.15) is 11.9 Å². The summed E-state index contributed by atoms with van der Waals surface area (Å²) >= 11 is 6.43. The molecule has 2 N–H and O–H groups in total. The number of anilines is 1. The second-order valence-corrected chi connectivity index (χ2v) is 12.4. The third-order valence-electron chi connectivity index (χ3n) is 7.36. The molecule has 11 heteroatoms. The number of carbonyl (C=O) groups excluding carboxylic acids is 2. The highest BCUT2D eigenvalue weighted by Gasteiger charge is 2.31. The van der Waals surface area contributed by atoms with Crippen LogP contribution in [0.15, 0.2) is 41.3 Å². The number of ether oxygens (including phenoxy) is 1. The van der Waals surface area contributed by atoms with Crippen LogP contribution < -0.4 is 15.4 Å². The van der Waals surface area contributed by atoms with E-state index in [-0.39, 0.29) is 29.2 Å². The van der Waals surface area contributed by atoms with Crippen molar-refractivity contribution < 1.29 is 22.7 Å². The molecule has 3 heterocycles. The zero-order valence-corrected chi connectivity index (χ0v) is 22.8. The van der Waals surface area contributed by atoms with Crippen molar-refractivity contribution in [1.82, 2.24) is 14.5 Å². The third kappa shape index (κ3) is 6.14. The normalized spacial score (nSPS) is 18.8. The van der Waals surface area contributed by atoms with Gasteiger partial charge in [0, 0.05) is 30.9 Å². The molecule has 0 bridgehead atoms. The lowest BCUT2D eigenvalue weighted by Crippen LogP contribution is -2.41. The second kappa shape index (κ2) is 11.6. The minimum absolute atomic E-state index is 0.132. The van der Waals surface area contributed by atoms with E-state index >= 15 is 0 Å². The number of likely N-dealkylation sites (tertiary alicyclic amines) is 1. The number of rotatable bonds is 9. The molecular weight excluding hydrogens is 528 g/mol. The van der Waals surface area contributed by atoms with Crippen molar-refractivity contribution in [2.75, 3.05) is 44.6 Å². The topological polar surface area (TPSA) is 108 Å². The number of piperidine rings is 1. The summed E-state index contributed by atoms with van der Waals surface area (Å²) in [5.74, 6) is 0.187. The molecular formula is C27H33ClN4O5S. The largest absolute Gasteiger partial charge is 0.489 e. The van der Waals surface area contributed by atoms with Crippen LogP contribution in [0.5, 0.6) is 5.75 Å². The van der Waals surface area contributed by atoms with Gasteiger partial charge in [0.2, 0.25) is 15.9 Å². The Balaban J connectivity index is 1.11. The molecule has 0 aliphatic carbocycles. The number of hydrogen-bond donors (Lipinski definition) is 2. The van der Waals surface area contributed by atoms with E-state index in [1.54, 1.807) is 30.3 Å². The van der Waals surface area contributed by atoms with E-state index in [9.17, 15) is 18.0 Å². The van der Waals surface area contributed by atoms with Crippen molar-refractivity contribution >= 4 is 39.1 Å². The molecule has 3 aliphatic heterocycles. The Labute approximate surface area is 228 Å². The molecule has 0 saturated carbocycles. The fraction of sp³-hybridized carbons (Fsp3) is 0.481. The molecule has 0 unspecified atom stereocenters. The summed E-state index contributed by atoms with van der Waals surface area (Å²) in [5, 5.41) is 6.03. The van der Waals surface area contributed by atoms with Crippen LogP contribution in [0.4, 0.5) is 5.69 Å². The zero-order chi connectivity index (χ0) is 26.7. The van der Waals surface area contributed by atoms with Crippen LogP contribution in [-0.4, -0.2) is 74.8 Å². The Hall–Kier alpha value is -2.66. The van der Waals surface area contributed by atoms with Crippen LogP contribution in [0.2, 0.25) is 5.02 Å². The van der Waals surface area contributed by atoms with E-state index in [0.717, 1.165) is 26.1 Å². The van der Waals surface area contributed by atoms with Gasteiger partial charge in [-0.15, -0.1) is 0 Å². The first-order chi connectivity index (χ1) is 18.3. The van der Waals surface area contributed by atoms with Crippen LogP contribution in [-0.2, 0) is 21.2 Å². The van der Waals surface area contributed by atoms with Crippen molar-refractivity contribution in [3.8, 4) is 5.75 Å². The molecule has 204 valence electrons. The highest BCUT2D eigenvalue weighted by molar-refractivity contribution is 7.89. The quantitative estimate of drug-likeness (QED) is 0.456. The molecule has 2 fully saturated rings. The van der Waals surface area contributed by atoms with Crippen LogP contribution in [0.25, 0.3) is 0 Å². The Bertz CT molecular complexity index is 1300. The zero-order valence-electron chi connectivity index (χ0n) is 21.2. The molecule has 9 nitrogen and oxygen atoms in total. The fourth-order valence-electron chi connectivity index (χ4n) is 5.24. The van der Waals surface area contributed by atoms with Crippen LogP contribution >= 0.6 is 11.6 Å². The van der Waals surface area contributed by atoms with E-state index in [1.807, 2.05) is 0 Å². The Morgan fingerprint density at radius 1 is 1.08 bits per heavy atom. The van der Waals surface area contributed by atoms with Crippen LogP contribution in [0.1, 0.15) is 48.0 Å². The van der Waals surface area contributed by atoms with E-state index in [1.165, 1.54) is 23.2 Å². The molecule has 2 aromatic carbocycles. The van der Waals surface area contributed by atoms with Gasteiger partial charge in [0.25, 0.3) is 5.91 Å². The van der Waals surface area contributed by atoms with Gasteiger partial charge in [-0.05, 0) is 93.7 Å². The summed E-state index contributed by atoms with van der Waals surface area (Å²) in [6.45, 7) is 4.55.